The number of carbonyl (C=O) groups excluding carboxylic acids is 2. The highest BCUT2D eigenvalue weighted by Crippen LogP contribution is 2.27. The van der Waals surface area contributed by atoms with Crippen molar-refractivity contribution < 1.29 is 23.5 Å². The maximum atomic E-state index is 13.4. The first-order valence-corrected chi connectivity index (χ1v) is 8.55. The van der Waals surface area contributed by atoms with E-state index in [0.717, 1.165) is 16.7 Å². The summed E-state index contributed by atoms with van der Waals surface area (Å²) in [7, 11) is 1.30. The molecule has 2 aromatic carbocycles. The summed E-state index contributed by atoms with van der Waals surface area (Å²) >= 11 is 0. The van der Waals surface area contributed by atoms with Gasteiger partial charge in [-0.25, -0.2) is 14.0 Å². The number of alkyl carbamates (subject to hydrolysis) is 1. The van der Waals surface area contributed by atoms with Crippen LogP contribution in [0.1, 0.15) is 42.3 Å². The van der Waals surface area contributed by atoms with Gasteiger partial charge in [0.15, 0.2) is 0 Å². The summed E-state index contributed by atoms with van der Waals surface area (Å²) in [5, 5.41) is 2.67. The fraction of sp³-hybridized carbons (Fsp3) is 0.333. The van der Waals surface area contributed by atoms with E-state index < -0.39 is 17.7 Å². The Balaban J connectivity index is 2.34. The van der Waals surface area contributed by atoms with E-state index in [-0.39, 0.29) is 12.4 Å². The summed E-state index contributed by atoms with van der Waals surface area (Å²) in [5.41, 5.74) is 2.70. The first-order chi connectivity index (χ1) is 12.6. The molecular formula is C21H24FNO4. The van der Waals surface area contributed by atoms with Gasteiger partial charge in [-0.05, 0) is 80.3 Å². The molecule has 1 amide bonds. The van der Waals surface area contributed by atoms with Gasteiger partial charge >= 0.3 is 12.1 Å². The van der Waals surface area contributed by atoms with Gasteiger partial charge in [-0.2, -0.15) is 0 Å². The topological polar surface area (TPSA) is 64.6 Å². The van der Waals surface area contributed by atoms with Crippen LogP contribution < -0.4 is 5.32 Å². The SMILES string of the molecule is COC(=O)c1cc(CNC(=O)OC(C)(C)C)cc(-c2ccc(F)cc2C)c1. The molecule has 5 nitrogen and oxygen atoms in total. The van der Waals surface area contributed by atoms with E-state index in [1.807, 2.05) is 6.07 Å². The summed E-state index contributed by atoms with van der Waals surface area (Å²) < 4.78 is 23.4. The predicted octanol–water partition coefficient (Wildman–Crippen LogP) is 4.61. The van der Waals surface area contributed by atoms with Crippen LogP contribution in [0.15, 0.2) is 36.4 Å². The van der Waals surface area contributed by atoms with E-state index in [9.17, 15) is 14.0 Å². The van der Waals surface area contributed by atoms with Crippen LogP contribution in [0.2, 0.25) is 0 Å². The van der Waals surface area contributed by atoms with Crippen molar-refractivity contribution in [3.63, 3.8) is 0 Å². The molecule has 1 N–H and O–H groups in total. The quantitative estimate of drug-likeness (QED) is 0.795. The summed E-state index contributed by atoms with van der Waals surface area (Å²) in [6, 6.07) is 9.62. The van der Waals surface area contributed by atoms with Crippen molar-refractivity contribution >= 4 is 12.1 Å². The highest BCUT2D eigenvalue weighted by molar-refractivity contribution is 5.91. The minimum Gasteiger partial charge on any atom is -0.465 e. The Hall–Kier alpha value is -2.89. The number of methoxy groups -OCH3 is 1. The third-order valence-corrected chi connectivity index (χ3v) is 3.75. The first-order valence-electron chi connectivity index (χ1n) is 8.55. The van der Waals surface area contributed by atoms with Crippen LogP contribution in [0.3, 0.4) is 0 Å². The van der Waals surface area contributed by atoms with E-state index in [1.165, 1.54) is 19.2 Å². The van der Waals surface area contributed by atoms with Gasteiger partial charge in [0.1, 0.15) is 11.4 Å². The standard InChI is InChI=1S/C21H24FNO4/c1-13-8-17(22)6-7-18(13)15-9-14(10-16(11-15)19(24)26-5)12-23-20(25)27-21(2,3)4/h6-11H,12H2,1-5H3,(H,23,25). The Morgan fingerprint density at radius 1 is 1.11 bits per heavy atom. The number of amides is 1. The van der Waals surface area contributed by atoms with Crippen LogP contribution in [0, 0.1) is 12.7 Å². The van der Waals surface area contributed by atoms with Crippen LogP contribution in [-0.4, -0.2) is 24.8 Å². The second-order valence-electron chi connectivity index (χ2n) is 7.22. The average molecular weight is 373 g/mol. The molecule has 0 bridgehead atoms. The van der Waals surface area contributed by atoms with Crippen molar-refractivity contribution in [2.45, 2.75) is 39.8 Å². The Bertz CT molecular complexity index is 856. The van der Waals surface area contributed by atoms with Crippen LogP contribution in [0.5, 0.6) is 0 Å². The number of aryl methyl sites for hydroxylation is 1. The third kappa shape index (κ3) is 5.81. The van der Waals surface area contributed by atoms with Crippen LogP contribution >= 0.6 is 0 Å². The maximum absolute atomic E-state index is 13.4. The Labute approximate surface area is 158 Å². The minimum absolute atomic E-state index is 0.174. The number of hydrogen-bond donors (Lipinski definition) is 1. The number of hydrogen-bond acceptors (Lipinski definition) is 4. The number of ether oxygens (including phenoxy) is 2. The number of rotatable bonds is 4. The molecule has 6 heteroatoms. The summed E-state index contributed by atoms with van der Waals surface area (Å²) in [4.78, 5) is 23.9. The molecule has 2 rings (SSSR count). The molecule has 27 heavy (non-hydrogen) atoms. The normalized spacial score (nSPS) is 11.0. The highest BCUT2D eigenvalue weighted by atomic mass is 19.1. The van der Waals surface area contributed by atoms with E-state index in [1.54, 1.807) is 45.9 Å². The monoisotopic (exact) mass is 373 g/mol. The van der Waals surface area contributed by atoms with Crippen LogP contribution in [-0.2, 0) is 16.0 Å². The molecule has 144 valence electrons. The molecule has 0 spiro atoms. The van der Waals surface area contributed by atoms with Crippen molar-refractivity contribution in [3.05, 3.63) is 58.9 Å². The third-order valence-electron chi connectivity index (χ3n) is 3.75. The Morgan fingerprint density at radius 2 is 1.81 bits per heavy atom. The molecule has 0 fully saturated rings. The zero-order chi connectivity index (χ0) is 20.2. The highest BCUT2D eigenvalue weighted by Gasteiger charge is 2.17. The van der Waals surface area contributed by atoms with Gasteiger partial charge in [0, 0.05) is 6.54 Å². The first kappa shape index (κ1) is 20.4. The zero-order valence-electron chi connectivity index (χ0n) is 16.2. The molecule has 2 aromatic rings. The van der Waals surface area contributed by atoms with Gasteiger partial charge in [0.25, 0.3) is 0 Å². The molecule has 0 aliphatic carbocycles. The van der Waals surface area contributed by atoms with Crippen LogP contribution in [0.4, 0.5) is 9.18 Å². The van der Waals surface area contributed by atoms with E-state index in [4.69, 9.17) is 9.47 Å². The number of halogens is 1. The average Bonchev–Trinajstić information content (AvgIpc) is 2.57. The summed E-state index contributed by atoms with van der Waals surface area (Å²) in [6.07, 6.45) is -0.550. The second-order valence-corrected chi connectivity index (χ2v) is 7.22. The Kier molecular flexibility index (Phi) is 6.20. The number of carbonyl (C=O) groups is 2. The second kappa shape index (κ2) is 8.20. The maximum Gasteiger partial charge on any atom is 0.407 e. The molecule has 0 radical (unpaired) electrons. The van der Waals surface area contributed by atoms with Crippen molar-refractivity contribution in [1.29, 1.82) is 0 Å². The molecule has 0 heterocycles. The number of esters is 1. The molecule has 0 saturated heterocycles. The Morgan fingerprint density at radius 3 is 2.41 bits per heavy atom. The van der Waals surface area contributed by atoms with E-state index in [0.29, 0.717) is 11.1 Å². The molecule has 0 unspecified atom stereocenters. The summed E-state index contributed by atoms with van der Waals surface area (Å²) in [6.45, 7) is 7.30. The largest absolute Gasteiger partial charge is 0.465 e. The van der Waals surface area contributed by atoms with Gasteiger partial charge < -0.3 is 14.8 Å². The van der Waals surface area contributed by atoms with Crippen molar-refractivity contribution in [1.82, 2.24) is 5.32 Å². The predicted molar refractivity (Wildman–Crippen MR) is 101 cm³/mol. The minimum atomic E-state index is -0.603. The summed E-state index contributed by atoms with van der Waals surface area (Å²) in [5.74, 6) is -0.817. The van der Waals surface area contributed by atoms with Crippen molar-refractivity contribution in [2.75, 3.05) is 7.11 Å². The molecule has 0 aliphatic rings. The molecule has 0 saturated carbocycles. The van der Waals surface area contributed by atoms with Gasteiger partial charge in [0.05, 0.1) is 12.7 Å². The number of benzene rings is 2. The lowest BCUT2D eigenvalue weighted by Crippen LogP contribution is -2.32. The number of nitrogens with one attached hydrogen (secondary N) is 1. The lowest BCUT2D eigenvalue weighted by Gasteiger charge is -2.20. The van der Waals surface area contributed by atoms with Gasteiger partial charge in [0.2, 0.25) is 0 Å². The fourth-order valence-corrected chi connectivity index (χ4v) is 2.62. The van der Waals surface area contributed by atoms with Gasteiger partial charge in [-0.1, -0.05) is 6.07 Å². The lowest BCUT2D eigenvalue weighted by molar-refractivity contribution is 0.0523. The molecule has 0 atom stereocenters. The van der Waals surface area contributed by atoms with Gasteiger partial charge in [-0.15, -0.1) is 0 Å². The zero-order valence-corrected chi connectivity index (χ0v) is 16.2. The van der Waals surface area contributed by atoms with E-state index >= 15 is 0 Å². The fourth-order valence-electron chi connectivity index (χ4n) is 2.62. The van der Waals surface area contributed by atoms with Crippen LogP contribution in [0.25, 0.3) is 11.1 Å². The smallest absolute Gasteiger partial charge is 0.407 e. The molecular weight excluding hydrogens is 349 g/mol. The lowest BCUT2D eigenvalue weighted by atomic mass is 9.96. The molecule has 0 aliphatic heterocycles. The van der Waals surface area contributed by atoms with Crippen molar-refractivity contribution in [3.8, 4) is 11.1 Å². The van der Waals surface area contributed by atoms with E-state index in [2.05, 4.69) is 5.32 Å². The van der Waals surface area contributed by atoms with Gasteiger partial charge in [-0.3, -0.25) is 0 Å². The van der Waals surface area contributed by atoms with Crippen molar-refractivity contribution in [2.24, 2.45) is 0 Å². The molecule has 0 aromatic heterocycles.